The van der Waals surface area contributed by atoms with Gasteiger partial charge in [-0.25, -0.2) is 18.4 Å². The maximum Gasteiger partial charge on any atom is 0.337 e. The van der Waals surface area contributed by atoms with E-state index >= 15 is 4.39 Å². The monoisotopic (exact) mass is 1190 g/mol. The Labute approximate surface area is 479 Å². The van der Waals surface area contributed by atoms with Crippen LogP contribution >= 0.6 is 46.4 Å². The number of nitrogen functional groups attached to an aromatic ring is 2. The molecule has 26 heteroatoms. The van der Waals surface area contributed by atoms with Crippen LogP contribution in [0.15, 0.2) is 120 Å². The number of benzene rings is 6. The van der Waals surface area contributed by atoms with E-state index in [0.717, 1.165) is 6.08 Å². The predicted octanol–water partition coefficient (Wildman–Crippen LogP) is 10.4. The molecule has 0 bridgehead atoms. The number of esters is 2. The number of nitrogens with one attached hydrogen (secondary N) is 3. The lowest BCUT2D eigenvalue weighted by Crippen LogP contribution is -2.49. The number of halogens is 6. The summed E-state index contributed by atoms with van der Waals surface area (Å²) >= 11 is 23.5. The standard InChI is InChI=1S/C27H21Cl2FN4O6.C19H16ClN3O4.C8H5ClFNO2.CH4/c1-40-25(36)12-5-7-14(18(31)9-12)21(35)11-20-24(34(38)39)22(15-3-2-4-17(29)23(15)30)27(33-20)16-8-6-13(28)10-19(16)32-26(27)37;1-27-19(26)10-2-4-12(14(21)8-10)16(24)6-7-22-17-13-5-3-11(20)9-15(13)23-18(17)25;9-7-3-1-2-6(8(7)10)4-5-11(12)13;/h2-10,20,22,24,33H,11,31H2,1H3,(H,32,37);2-5,8-9H,6-7,21H2,1H3,(H,22,23,25);1-5H;1H4/b;;5-4+;/t20-,22-,24+,27+;;;/m0.../s1. The Morgan fingerprint density at radius 2 is 1.31 bits per heavy atom. The van der Waals surface area contributed by atoms with Gasteiger partial charge in [0.2, 0.25) is 18.1 Å². The lowest BCUT2D eigenvalue weighted by Gasteiger charge is -2.30. The molecule has 6 aromatic rings. The number of nitrogens with zero attached hydrogens (tertiary/aromatic N) is 3. The first-order chi connectivity index (χ1) is 38.0. The molecular formula is C55H46Cl4F2N8O12. The number of hydrogen-bond donors (Lipinski definition) is 5. The van der Waals surface area contributed by atoms with Crippen LogP contribution in [-0.2, 0) is 24.6 Å². The van der Waals surface area contributed by atoms with Crippen LogP contribution in [0.4, 0.5) is 31.5 Å². The highest BCUT2D eigenvalue weighted by atomic mass is 35.5. The van der Waals surface area contributed by atoms with Crippen LogP contribution in [0.2, 0.25) is 20.1 Å². The average molecular weight is 1190 g/mol. The van der Waals surface area contributed by atoms with Crippen molar-refractivity contribution >= 4 is 116 Å². The fraction of sp³-hybridized carbons (Fsp3) is 0.182. The summed E-state index contributed by atoms with van der Waals surface area (Å²) in [5.41, 5.74) is 13.0. The van der Waals surface area contributed by atoms with Crippen LogP contribution in [0.3, 0.4) is 0 Å². The molecule has 0 saturated carbocycles. The van der Waals surface area contributed by atoms with Gasteiger partial charge < -0.3 is 31.6 Å². The van der Waals surface area contributed by atoms with E-state index in [1.54, 1.807) is 18.2 Å². The lowest BCUT2D eigenvalue weighted by molar-refractivity contribution is -0.526. The largest absolute Gasteiger partial charge is 0.465 e. The SMILES string of the molecule is C.COC(=O)c1ccc(C(=O)CCN=C2C(=O)Nc3cc(Cl)ccc32)c(N)c1.COC(=O)c1ccc(C(=O)C[C@@H]2N[C@@]3(C(=O)Nc4cc(Cl)ccc43)[C@@H](c3cccc(Cl)c3F)[C@@H]2[N+](=O)[O-])c(N)c1.O=[N+]([O-])/C=C/c1cccc(Cl)c1F. The third-order valence-electron chi connectivity index (χ3n) is 12.8. The highest BCUT2D eigenvalue weighted by molar-refractivity contribution is 6.54. The summed E-state index contributed by atoms with van der Waals surface area (Å²) in [6.07, 6.45) is 1.32. The number of nitro groups is 2. The number of anilines is 4. The maximum absolute atomic E-state index is 15.5. The molecule has 3 aliphatic rings. The van der Waals surface area contributed by atoms with Gasteiger partial charge in [-0.1, -0.05) is 84.2 Å². The fourth-order valence-corrected chi connectivity index (χ4v) is 9.96. The number of carbonyl (C=O) groups excluding carboxylic acids is 6. The molecule has 1 fully saturated rings. The average Bonchev–Trinajstić information content (AvgIpc) is 3.03. The van der Waals surface area contributed by atoms with E-state index in [4.69, 9.17) is 57.9 Å². The van der Waals surface area contributed by atoms with Crippen molar-refractivity contribution in [2.75, 3.05) is 42.9 Å². The predicted molar refractivity (Wildman–Crippen MR) is 302 cm³/mol. The number of amides is 2. The van der Waals surface area contributed by atoms with Crippen LogP contribution in [0.25, 0.3) is 6.08 Å². The van der Waals surface area contributed by atoms with Crippen LogP contribution in [-0.4, -0.2) is 83.7 Å². The van der Waals surface area contributed by atoms with Crippen LogP contribution in [0, 0.1) is 31.9 Å². The molecule has 0 aliphatic carbocycles. The Morgan fingerprint density at radius 3 is 1.89 bits per heavy atom. The van der Waals surface area contributed by atoms with Gasteiger partial charge in [0.15, 0.2) is 11.6 Å². The Bertz CT molecular complexity index is 3620. The number of nitrogens with two attached hydrogens (primary N) is 2. The van der Waals surface area contributed by atoms with Crippen LogP contribution in [0.5, 0.6) is 0 Å². The molecule has 9 rings (SSSR count). The number of fused-ring (bicyclic) bond motifs is 3. The molecule has 6 aromatic carbocycles. The van der Waals surface area contributed by atoms with Gasteiger partial charge in [0, 0.05) is 90.9 Å². The number of aliphatic imine (C=N–C) groups is 1. The van der Waals surface area contributed by atoms with Crippen molar-refractivity contribution in [3.8, 4) is 0 Å². The molecule has 7 N–H and O–H groups in total. The van der Waals surface area contributed by atoms with Gasteiger partial charge in [0.05, 0.1) is 58.0 Å². The van der Waals surface area contributed by atoms with Gasteiger partial charge in [-0.05, 0) is 78.9 Å². The summed E-state index contributed by atoms with van der Waals surface area (Å²) in [7, 11) is 2.46. The smallest absolute Gasteiger partial charge is 0.337 e. The number of Topliss-reactive ketones (excluding diaryl/α,β-unsaturated/α-hetero) is 2. The molecule has 81 heavy (non-hydrogen) atoms. The van der Waals surface area contributed by atoms with Crippen molar-refractivity contribution in [3.05, 3.63) is 212 Å². The Kier molecular flexibility index (Phi) is 19.8. The van der Waals surface area contributed by atoms with Crippen molar-refractivity contribution < 1.29 is 56.9 Å². The van der Waals surface area contributed by atoms with Crippen LogP contribution < -0.4 is 27.4 Å². The number of methoxy groups -OCH3 is 2. The molecule has 0 unspecified atom stereocenters. The van der Waals surface area contributed by atoms with Crippen LogP contribution in [0.1, 0.15) is 89.9 Å². The van der Waals surface area contributed by atoms with Gasteiger partial charge in [-0.3, -0.25) is 49.7 Å². The maximum atomic E-state index is 15.5. The second kappa shape index (κ2) is 26.1. The lowest BCUT2D eigenvalue weighted by atomic mass is 9.74. The molecule has 4 atom stereocenters. The van der Waals surface area contributed by atoms with Gasteiger partial charge in [0.25, 0.3) is 5.91 Å². The summed E-state index contributed by atoms with van der Waals surface area (Å²) in [6, 6.07) is 23.3. The number of rotatable bonds is 13. The van der Waals surface area contributed by atoms with E-state index < -0.39 is 75.1 Å². The molecule has 3 aliphatic heterocycles. The molecular weight excluding hydrogens is 1140 g/mol. The number of carbonyl (C=O) groups is 6. The van der Waals surface area contributed by atoms with Crippen molar-refractivity contribution in [3.63, 3.8) is 0 Å². The minimum Gasteiger partial charge on any atom is -0.465 e. The van der Waals surface area contributed by atoms with Gasteiger partial charge in [0.1, 0.15) is 22.9 Å². The Balaban J connectivity index is 0.000000221. The summed E-state index contributed by atoms with van der Waals surface area (Å²) in [5.74, 6) is -5.97. The third kappa shape index (κ3) is 13.2. The highest BCUT2D eigenvalue weighted by Gasteiger charge is 2.67. The zero-order valence-corrected chi connectivity index (χ0v) is 44.6. The van der Waals surface area contributed by atoms with E-state index in [0.29, 0.717) is 44.3 Å². The van der Waals surface area contributed by atoms with Crippen molar-refractivity contribution in [1.29, 1.82) is 0 Å². The fourth-order valence-electron chi connectivity index (χ4n) is 9.25. The topological polar surface area (TPSA) is 308 Å². The van der Waals surface area contributed by atoms with Crippen molar-refractivity contribution in [2.24, 2.45) is 4.99 Å². The zero-order valence-electron chi connectivity index (χ0n) is 41.6. The highest BCUT2D eigenvalue weighted by Crippen LogP contribution is 2.54. The second-order valence-electron chi connectivity index (χ2n) is 17.6. The number of ether oxygens (including phenoxy) is 2. The molecule has 1 spiro atoms. The number of ketones is 2. The van der Waals surface area contributed by atoms with E-state index in [2.05, 4.69) is 30.4 Å². The summed E-state index contributed by atoms with van der Waals surface area (Å²) in [4.78, 5) is 100. The van der Waals surface area contributed by atoms with E-state index in [1.165, 1.54) is 105 Å². The molecule has 1 saturated heterocycles. The second-order valence-corrected chi connectivity index (χ2v) is 19.3. The first-order valence-corrected chi connectivity index (χ1v) is 24.9. The minimum absolute atomic E-state index is 0. The molecule has 0 radical (unpaired) electrons. The van der Waals surface area contributed by atoms with E-state index in [-0.39, 0.29) is 87.0 Å². The van der Waals surface area contributed by atoms with Gasteiger partial charge in [-0.15, -0.1) is 0 Å². The first-order valence-electron chi connectivity index (χ1n) is 23.4. The van der Waals surface area contributed by atoms with Crippen molar-refractivity contribution in [1.82, 2.24) is 5.32 Å². The van der Waals surface area contributed by atoms with Crippen molar-refractivity contribution in [2.45, 2.75) is 43.8 Å². The third-order valence-corrected chi connectivity index (χ3v) is 13.9. The van der Waals surface area contributed by atoms with E-state index in [9.17, 15) is 53.4 Å². The first kappa shape index (κ1) is 61.5. The quantitative estimate of drug-likeness (QED) is 0.0236. The summed E-state index contributed by atoms with van der Waals surface area (Å²) < 4.78 is 37.8. The summed E-state index contributed by atoms with van der Waals surface area (Å²) in [5, 5.41) is 31.4. The molecule has 2 amide bonds. The van der Waals surface area contributed by atoms with Gasteiger partial charge >= 0.3 is 11.9 Å². The molecule has 20 nitrogen and oxygen atoms in total. The Hall–Kier alpha value is -8.67. The zero-order chi connectivity index (χ0) is 58.3. The van der Waals surface area contributed by atoms with Gasteiger partial charge in [-0.2, -0.15) is 0 Å². The summed E-state index contributed by atoms with van der Waals surface area (Å²) in [6.45, 7) is 0.127. The normalized spacial score (nSPS) is 17.8. The molecule has 420 valence electrons. The minimum atomic E-state index is -1.82. The Morgan fingerprint density at radius 1 is 0.741 bits per heavy atom. The van der Waals surface area contributed by atoms with E-state index in [1.807, 2.05) is 0 Å². The number of hydrogen-bond acceptors (Lipinski definition) is 16. The molecule has 3 heterocycles. The molecule has 0 aromatic heterocycles.